The maximum absolute atomic E-state index is 4.60. The zero-order chi connectivity index (χ0) is 18.1. The van der Waals surface area contributed by atoms with Crippen LogP contribution in [-0.4, -0.2) is 30.0 Å². The van der Waals surface area contributed by atoms with Crippen molar-refractivity contribution in [1.29, 1.82) is 0 Å². The molecule has 0 saturated carbocycles. The molecule has 1 aliphatic rings. The summed E-state index contributed by atoms with van der Waals surface area (Å²) in [5.74, 6) is 0.756. The minimum atomic E-state index is 0.224. The zero-order valence-electron chi connectivity index (χ0n) is 16.1. The number of piperidine rings is 1. The SMILES string of the molecule is CN1CCC(C(C)(C)c2ccc(-c3cnc4ccccc4c3)cc2)CC1. The highest BCUT2D eigenvalue weighted by Gasteiger charge is 2.33. The lowest BCUT2D eigenvalue weighted by atomic mass is 9.69. The van der Waals surface area contributed by atoms with E-state index in [0.717, 1.165) is 11.4 Å². The fourth-order valence-electron chi connectivity index (χ4n) is 4.29. The summed E-state index contributed by atoms with van der Waals surface area (Å²) in [5, 5.41) is 1.20. The number of aromatic nitrogens is 1. The lowest BCUT2D eigenvalue weighted by Gasteiger charge is -2.40. The van der Waals surface area contributed by atoms with Gasteiger partial charge in [0.2, 0.25) is 0 Å². The Morgan fingerprint density at radius 1 is 0.923 bits per heavy atom. The Labute approximate surface area is 156 Å². The van der Waals surface area contributed by atoms with Gasteiger partial charge < -0.3 is 4.90 Å². The molecule has 0 N–H and O–H groups in total. The highest BCUT2D eigenvalue weighted by atomic mass is 15.1. The molecule has 0 radical (unpaired) electrons. The molecule has 0 spiro atoms. The third-order valence-electron chi connectivity index (χ3n) is 6.29. The van der Waals surface area contributed by atoms with Crippen molar-refractivity contribution in [2.24, 2.45) is 5.92 Å². The highest BCUT2D eigenvalue weighted by Crippen LogP contribution is 2.38. The molecule has 26 heavy (non-hydrogen) atoms. The average molecular weight is 345 g/mol. The molecule has 1 aromatic heterocycles. The monoisotopic (exact) mass is 344 g/mol. The Balaban J connectivity index is 1.59. The summed E-state index contributed by atoms with van der Waals surface area (Å²) >= 11 is 0. The average Bonchev–Trinajstić information content (AvgIpc) is 2.68. The second-order valence-corrected chi connectivity index (χ2v) is 8.29. The first-order valence-electron chi connectivity index (χ1n) is 9.68. The Bertz CT molecular complexity index is 887. The number of likely N-dealkylation sites (tertiary alicyclic amines) is 1. The summed E-state index contributed by atoms with van der Waals surface area (Å²) in [6.07, 6.45) is 4.57. The van der Waals surface area contributed by atoms with Gasteiger partial charge in [0, 0.05) is 17.1 Å². The van der Waals surface area contributed by atoms with Crippen molar-refractivity contribution in [3.8, 4) is 11.1 Å². The largest absolute Gasteiger partial charge is 0.306 e. The molecule has 1 saturated heterocycles. The van der Waals surface area contributed by atoms with Gasteiger partial charge >= 0.3 is 0 Å². The molecule has 0 aliphatic carbocycles. The quantitative estimate of drug-likeness (QED) is 0.622. The topological polar surface area (TPSA) is 16.1 Å². The molecule has 2 nitrogen and oxygen atoms in total. The van der Waals surface area contributed by atoms with Crippen molar-refractivity contribution in [2.45, 2.75) is 32.1 Å². The van der Waals surface area contributed by atoms with Gasteiger partial charge in [-0.1, -0.05) is 56.3 Å². The van der Waals surface area contributed by atoms with Crippen LogP contribution in [0, 0.1) is 5.92 Å². The van der Waals surface area contributed by atoms with Crippen molar-refractivity contribution in [3.63, 3.8) is 0 Å². The van der Waals surface area contributed by atoms with Crippen molar-refractivity contribution < 1.29 is 0 Å². The molecule has 134 valence electrons. The fraction of sp³-hybridized carbons (Fsp3) is 0.375. The first-order chi connectivity index (χ1) is 12.5. The van der Waals surface area contributed by atoms with Crippen LogP contribution in [0.5, 0.6) is 0 Å². The number of pyridine rings is 1. The summed E-state index contributed by atoms with van der Waals surface area (Å²) < 4.78 is 0. The van der Waals surface area contributed by atoms with E-state index in [1.54, 1.807) is 0 Å². The molecule has 2 heteroatoms. The summed E-state index contributed by atoms with van der Waals surface area (Å²) in [6, 6.07) is 19.7. The van der Waals surface area contributed by atoms with Crippen molar-refractivity contribution in [3.05, 3.63) is 66.4 Å². The standard InChI is InChI=1S/C24H28N2/c1-24(2,22-12-14-26(3)15-13-22)21-10-8-18(9-11-21)20-16-19-6-4-5-7-23(19)25-17-20/h4-11,16-17,22H,12-15H2,1-3H3. The van der Waals surface area contributed by atoms with Gasteiger partial charge in [0.15, 0.2) is 0 Å². The van der Waals surface area contributed by atoms with Crippen LogP contribution in [-0.2, 0) is 5.41 Å². The van der Waals surface area contributed by atoms with Gasteiger partial charge in [-0.3, -0.25) is 4.98 Å². The summed E-state index contributed by atoms with van der Waals surface area (Å²) in [6.45, 7) is 7.26. The number of rotatable bonds is 3. The third kappa shape index (κ3) is 3.26. The summed E-state index contributed by atoms with van der Waals surface area (Å²) in [7, 11) is 2.23. The predicted octanol–water partition coefficient (Wildman–Crippen LogP) is 5.52. The molecule has 0 bridgehead atoms. The van der Waals surface area contributed by atoms with Crippen LogP contribution in [0.4, 0.5) is 0 Å². The van der Waals surface area contributed by atoms with E-state index in [0.29, 0.717) is 0 Å². The van der Waals surface area contributed by atoms with E-state index < -0.39 is 0 Å². The number of para-hydroxylation sites is 1. The van der Waals surface area contributed by atoms with Crippen LogP contribution in [0.2, 0.25) is 0 Å². The molecule has 2 aromatic carbocycles. The predicted molar refractivity (Wildman–Crippen MR) is 110 cm³/mol. The number of nitrogens with zero attached hydrogens (tertiary/aromatic N) is 2. The van der Waals surface area contributed by atoms with Crippen LogP contribution in [0.1, 0.15) is 32.3 Å². The molecule has 0 unspecified atom stereocenters. The second kappa shape index (κ2) is 6.85. The Morgan fingerprint density at radius 3 is 2.35 bits per heavy atom. The van der Waals surface area contributed by atoms with Gasteiger partial charge in [-0.2, -0.15) is 0 Å². The maximum atomic E-state index is 4.60. The second-order valence-electron chi connectivity index (χ2n) is 8.29. The molecular weight excluding hydrogens is 316 g/mol. The number of benzene rings is 2. The lowest BCUT2D eigenvalue weighted by Crippen LogP contribution is -2.38. The van der Waals surface area contributed by atoms with Crippen molar-refractivity contribution in [2.75, 3.05) is 20.1 Å². The number of fused-ring (bicyclic) bond motifs is 1. The van der Waals surface area contributed by atoms with E-state index in [1.165, 1.54) is 48.0 Å². The van der Waals surface area contributed by atoms with Gasteiger partial charge in [-0.25, -0.2) is 0 Å². The van der Waals surface area contributed by atoms with Crippen molar-refractivity contribution in [1.82, 2.24) is 9.88 Å². The Kier molecular flexibility index (Phi) is 4.54. The third-order valence-corrected chi connectivity index (χ3v) is 6.29. The van der Waals surface area contributed by atoms with Crippen LogP contribution >= 0.6 is 0 Å². The molecule has 2 heterocycles. The van der Waals surface area contributed by atoms with Crippen LogP contribution in [0.3, 0.4) is 0 Å². The summed E-state index contributed by atoms with van der Waals surface area (Å²) in [4.78, 5) is 7.05. The van der Waals surface area contributed by atoms with Crippen molar-refractivity contribution >= 4 is 10.9 Å². The highest BCUT2D eigenvalue weighted by molar-refractivity contribution is 5.83. The number of hydrogen-bond donors (Lipinski definition) is 0. The lowest BCUT2D eigenvalue weighted by molar-refractivity contribution is 0.163. The molecular formula is C24H28N2. The Hall–Kier alpha value is -2.19. The molecule has 0 atom stereocenters. The molecule has 3 aromatic rings. The van der Waals surface area contributed by atoms with E-state index in [4.69, 9.17) is 0 Å². The van der Waals surface area contributed by atoms with Gasteiger partial charge in [0.25, 0.3) is 0 Å². The first kappa shape index (κ1) is 17.2. The van der Waals surface area contributed by atoms with E-state index in [1.807, 2.05) is 12.3 Å². The maximum Gasteiger partial charge on any atom is 0.0702 e. The first-order valence-corrected chi connectivity index (χ1v) is 9.68. The van der Waals surface area contributed by atoms with E-state index in [-0.39, 0.29) is 5.41 Å². The van der Waals surface area contributed by atoms with E-state index >= 15 is 0 Å². The van der Waals surface area contributed by atoms with Crippen LogP contribution in [0.15, 0.2) is 60.8 Å². The van der Waals surface area contributed by atoms with Crippen LogP contribution < -0.4 is 0 Å². The van der Waals surface area contributed by atoms with E-state index in [2.05, 4.69) is 79.3 Å². The Morgan fingerprint density at radius 2 is 1.62 bits per heavy atom. The molecule has 4 rings (SSSR count). The smallest absolute Gasteiger partial charge is 0.0702 e. The minimum Gasteiger partial charge on any atom is -0.306 e. The van der Waals surface area contributed by atoms with Crippen LogP contribution in [0.25, 0.3) is 22.0 Å². The number of hydrogen-bond acceptors (Lipinski definition) is 2. The minimum absolute atomic E-state index is 0.224. The normalized spacial score (nSPS) is 16.9. The van der Waals surface area contributed by atoms with Gasteiger partial charge in [0.1, 0.15) is 0 Å². The van der Waals surface area contributed by atoms with Gasteiger partial charge in [-0.15, -0.1) is 0 Å². The molecule has 1 aliphatic heterocycles. The molecule has 0 amide bonds. The zero-order valence-corrected chi connectivity index (χ0v) is 16.1. The fourth-order valence-corrected chi connectivity index (χ4v) is 4.29. The molecule has 1 fully saturated rings. The van der Waals surface area contributed by atoms with E-state index in [9.17, 15) is 0 Å². The van der Waals surface area contributed by atoms with Gasteiger partial charge in [-0.05, 0) is 67.6 Å². The summed E-state index contributed by atoms with van der Waals surface area (Å²) in [5.41, 5.74) is 5.15. The van der Waals surface area contributed by atoms with Gasteiger partial charge in [0.05, 0.1) is 5.52 Å².